The fourth-order valence-electron chi connectivity index (χ4n) is 3.90. The van der Waals surface area contributed by atoms with E-state index >= 15 is 0 Å². The molecule has 2 aliphatic heterocycles. The van der Waals surface area contributed by atoms with E-state index in [1.165, 1.54) is 39.3 Å². The third-order valence-electron chi connectivity index (χ3n) is 5.51. The molecular formula is C21H25N5O4S5. The molecule has 35 heavy (non-hydrogen) atoms. The first-order chi connectivity index (χ1) is 16.4. The summed E-state index contributed by atoms with van der Waals surface area (Å²) in [6.45, 7) is 12.6. The Morgan fingerprint density at radius 2 is 1.71 bits per heavy atom. The molecule has 0 N–H and O–H groups in total. The van der Waals surface area contributed by atoms with E-state index in [0.29, 0.717) is 19.3 Å². The minimum absolute atomic E-state index is 0.170. The summed E-state index contributed by atoms with van der Waals surface area (Å²) in [5, 5.41) is 16.7. The van der Waals surface area contributed by atoms with Crippen LogP contribution in [0, 0.1) is 25.2 Å². The molecule has 2 aliphatic rings. The number of β-lactam (4-membered cyclic amide) rings is 1. The lowest BCUT2D eigenvalue weighted by Gasteiger charge is -2.52. The molecule has 1 amide bonds. The Kier molecular flexibility index (Phi) is 7.32. The second-order valence-electron chi connectivity index (χ2n) is 9.18. The number of amides is 1. The number of carbonyl (C=O) groups is 2. The SMILES string of the molecule is C=CCC1C(=O)N2C(C(=O)C(C)(C)C)=C(CSc3nnc(C)s3)C(Sc3nnc(C)s3)S(=O)(=O)C12. The highest BCUT2D eigenvalue weighted by Crippen LogP contribution is 2.51. The van der Waals surface area contributed by atoms with Crippen molar-refractivity contribution in [2.24, 2.45) is 11.3 Å². The lowest BCUT2D eigenvalue weighted by atomic mass is 9.84. The Bertz CT molecular complexity index is 1320. The monoisotopic (exact) mass is 571 g/mol. The van der Waals surface area contributed by atoms with Crippen LogP contribution in [0.1, 0.15) is 37.2 Å². The molecule has 0 saturated carbocycles. The van der Waals surface area contributed by atoms with Gasteiger partial charge in [-0.3, -0.25) is 14.5 Å². The van der Waals surface area contributed by atoms with Gasteiger partial charge in [-0.15, -0.1) is 27.0 Å². The molecule has 4 heterocycles. The predicted molar refractivity (Wildman–Crippen MR) is 139 cm³/mol. The maximum Gasteiger partial charge on any atom is 0.234 e. The Morgan fingerprint density at radius 1 is 1.11 bits per heavy atom. The van der Waals surface area contributed by atoms with Gasteiger partial charge in [0.15, 0.2) is 29.7 Å². The maximum atomic E-state index is 14.0. The molecule has 188 valence electrons. The van der Waals surface area contributed by atoms with Crippen molar-refractivity contribution in [1.82, 2.24) is 25.3 Å². The number of ketones is 1. The highest BCUT2D eigenvalue weighted by Gasteiger charge is 2.62. The van der Waals surface area contributed by atoms with E-state index in [9.17, 15) is 18.0 Å². The summed E-state index contributed by atoms with van der Waals surface area (Å²) in [5.74, 6) is -1.23. The third kappa shape index (κ3) is 4.87. The molecule has 2 aromatic rings. The van der Waals surface area contributed by atoms with Gasteiger partial charge >= 0.3 is 0 Å². The molecule has 4 rings (SSSR count). The number of hydrogen-bond acceptors (Lipinski definition) is 12. The zero-order valence-electron chi connectivity index (χ0n) is 19.8. The molecule has 0 bridgehead atoms. The zero-order chi connectivity index (χ0) is 25.7. The average molecular weight is 572 g/mol. The number of aromatic nitrogens is 4. The number of aryl methyl sites for hydroxylation is 2. The summed E-state index contributed by atoms with van der Waals surface area (Å²) < 4.78 is 28.0. The van der Waals surface area contributed by atoms with Crippen LogP contribution >= 0.6 is 46.2 Å². The largest absolute Gasteiger partial charge is 0.292 e. The second-order valence-corrected chi connectivity index (χ2v) is 16.6. The Hall–Kier alpha value is -1.61. The lowest BCUT2D eigenvalue weighted by molar-refractivity contribution is -0.150. The van der Waals surface area contributed by atoms with Crippen LogP contribution in [0.5, 0.6) is 0 Å². The van der Waals surface area contributed by atoms with Gasteiger partial charge in [-0.1, -0.05) is 73.0 Å². The van der Waals surface area contributed by atoms with Crippen molar-refractivity contribution in [1.29, 1.82) is 0 Å². The molecule has 3 unspecified atom stereocenters. The van der Waals surface area contributed by atoms with Crippen molar-refractivity contribution in [2.75, 3.05) is 5.75 Å². The van der Waals surface area contributed by atoms with Crippen molar-refractivity contribution in [3.05, 3.63) is 33.9 Å². The fourth-order valence-corrected chi connectivity index (χ4v) is 11.2. The number of thioether (sulfide) groups is 2. The van der Waals surface area contributed by atoms with E-state index in [4.69, 9.17) is 0 Å². The second kappa shape index (κ2) is 9.69. The molecule has 1 saturated heterocycles. The molecule has 0 radical (unpaired) electrons. The standard InChI is InChI=1S/C21H25N5O4S5/c1-7-8-12-16(28)26-14(15(27)21(4,5)6)13(9-31-19-24-22-10(2)32-19)18(35(29,30)17(12)26)34-20-25-23-11(3)33-20/h7,12,17-18H,1,8-9H2,2-6H3. The number of allylic oxidation sites excluding steroid dienone is 2. The van der Waals surface area contributed by atoms with E-state index in [1.807, 2.05) is 6.92 Å². The van der Waals surface area contributed by atoms with Gasteiger partial charge in [0, 0.05) is 11.2 Å². The minimum Gasteiger partial charge on any atom is -0.292 e. The summed E-state index contributed by atoms with van der Waals surface area (Å²) in [7, 11) is -3.92. The van der Waals surface area contributed by atoms with Crippen LogP contribution in [-0.4, -0.2) is 61.1 Å². The van der Waals surface area contributed by atoms with Gasteiger partial charge in [0.25, 0.3) is 0 Å². The Balaban J connectivity index is 1.88. The number of hydrogen-bond donors (Lipinski definition) is 0. The van der Waals surface area contributed by atoms with E-state index in [2.05, 4.69) is 27.0 Å². The van der Waals surface area contributed by atoms with Crippen LogP contribution < -0.4 is 0 Å². The highest BCUT2D eigenvalue weighted by molar-refractivity contribution is 8.15. The van der Waals surface area contributed by atoms with E-state index < -0.39 is 31.1 Å². The van der Waals surface area contributed by atoms with Crippen LogP contribution in [0.25, 0.3) is 0 Å². The van der Waals surface area contributed by atoms with Crippen LogP contribution in [0.3, 0.4) is 0 Å². The van der Waals surface area contributed by atoms with Crippen LogP contribution in [-0.2, 0) is 19.4 Å². The topological polar surface area (TPSA) is 123 Å². The van der Waals surface area contributed by atoms with Crippen molar-refractivity contribution in [3.8, 4) is 0 Å². The summed E-state index contributed by atoms with van der Waals surface area (Å²) in [6.07, 6.45) is 1.77. The fraction of sp³-hybridized carbons (Fsp3) is 0.524. The summed E-state index contributed by atoms with van der Waals surface area (Å²) in [6, 6.07) is 0. The number of fused-ring (bicyclic) bond motifs is 1. The van der Waals surface area contributed by atoms with E-state index in [0.717, 1.165) is 16.8 Å². The van der Waals surface area contributed by atoms with Gasteiger partial charge in [0.1, 0.15) is 14.6 Å². The van der Waals surface area contributed by atoms with Crippen LogP contribution in [0.4, 0.5) is 0 Å². The predicted octanol–water partition coefficient (Wildman–Crippen LogP) is 3.88. The number of sulfone groups is 1. The van der Waals surface area contributed by atoms with E-state index in [1.54, 1.807) is 33.8 Å². The number of rotatable bonds is 8. The molecule has 0 aliphatic carbocycles. The van der Waals surface area contributed by atoms with Crippen molar-refractivity contribution < 1.29 is 18.0 Å². The molecule has 0 aromatic carbocycles. The third-order valence-corrected chi connectivity index (χ3v) is 12.7. The van der Waals surface area contributed by atoms with E-state index in [-0.39, 0.29) is 29.6 Å². The van der Waals surface area contributed by atoms with Gasteiger partial charge in [-0.05, 0) is 25.8 Å². The summed E-state index contributed by atoms with van der Waals surface area (Å²) in [4.78, 5) is 28.1. The number of carbonyl (C=O) groups excluding carboxylic acids is 2. The Labute approximate surface area is 220 Å². The van der Waals surface area contributed by atoms with Crippen LogP contribution in [0.15, 0.2) is 32.6 Å². The molecule has 3 atom stereocenters. The van der Waals surface area contributed by atoms with Gasteiger partial charge in [0.2, 0.25) is 5.91 Å². The summed E-state index contributed by atoms with van der Waals surface area (Å²) >= 11 is 5.06. The van der Waals surface area contributed by atoms with Crippen molar-refractivity contribution >= 4 is 67.7 Å². The molecular weight excluding hydrogens is 547 g/mol. The Morgan fingerprint density at radius 3 is 2.23 bits per heavy atom. The van der Waals surface area contributed by atoms with Gasteiger partial charge < -0.3 is 0 Å². The summed E-state index contributed by atoms with van der Waals surface area (Å²) in [5.41, 5.74) is -0.272. The maximum absolute atomic E-state index is 14.0. The van der Waals surface area contributed by atoms with Gasteiger partial charge in [-0.25, -0.2) is 8.42 Å². The normalized spacial score (nSPS) is 23.7. The van der Waals surface area contributed by atoms with Gasteiger partial charge in [-0.2, -0.15) is 0 Å². The quantitative estimate of drug-likeness (QED) is 0.262. The van der Waals surface area contributed by atoms with Crippen LogP contribution in [0.2, 0.25) is 0 Å². The first-order valence-corrected chi connectivity index (χ1v) is 15.8. The highest BCUT2D eigenvalue weighted by atomic mass is 32.3. The molecule has 9 nitrogen and oxygen atoms in total. The van der Waals surface area contributed by atoms with Gasteiger partial charge in [0.05, 0.1) is 11.6 Å². The molecule has 1 fully saturated rings. The molecule has 14 heteroatoms. The number of nitrogens with zero attached hydrogens (tertiary/aromatic N) is 5. The molecule has 2 aromatic heterocycles. The first-order valence-electron chi connectivity index (χ1n) is 10.7. The lowest BCUT2D eigenvalue weighted by Crippen LogP contribution is -2.68. The zero-order valence-corrected chi connectivity index (χ0v) is 23.9. The van der Waals surface area contributed by atoms with Crippen molar-refractivity contribution in [3.63, 3.8) is 0 Å². The minimum atomic E-state index is -3.92. The average Bonchev–Trinajstić information content (AvgIpc) is 3.38. The number of Topliss-reactive ketones (excluding diaryl/α,β-unsaturated/α-hetero) is 1. The molecule has 0 spiro atoms. The van der Waals surface area contributed by atoms with Crippen molar-refractivity contribution in [2.45, 2.75) is 59.7 Å². The smallest absolute Gasteiger partial charge is 0.234 e. The first kappa shape index (κ1) is 26.5.